The van der Waals surface area contributed by atoms with E-state index < -0.39 is 17.9 Å². The van der Waals surface area contributed by atoms with E-state index in [1.165, 1.54) is 12.4 Å². The summed E-state index contributed by atoms with van der Waals surface area (Å²) in [5.41, 5.74) is 11.8. The van der Waals surface area contributed by atoms with Crippen molar-refractivity contribution in [1.82, 2.24) is 15.8 Å². The number of nitrogens with one attached hydrogen (secondary N) is 2. The van der Waals surface area contributed by atoms with Crippen molar-refractivity contribution in [3.63, 3.8) is 0 Å². The van der Waals surface area contributed by atoms with Crippen molar-refractivity contribution >= 4 is 36.6 Å². The van der Waals surface area contributed by atoms with Gasteiger partial charge in [0.25, 0.3) is 11.8 Å². The zero-order valence-corrected chi connectivity index (χ0v) is 14.8. The Balaban J connectivity index is -0.00000121. The second-order valence-corrected chi connectivity index (χ2v) is 4.48. The summed E-state index contributed by atoms with van der Waals surface area (Å²) >= 11 is 0. The average molecular weight is 393 g/mol. The number of carbonyl (C=O) groups is 2. The largest absolute Gasteiger partial charge is 0.412 e. The Morgan fingerprint density at radius 1 is 0.960 bits per heavy atom. The van der Waals surface area contributed by atoms with Crippen LogP contribution in [0.3, 0.4) is 0 Å². The van der Waals surface area contributed by atoms with Crippen LogP contribution < -0.4 is 16.6 Å². The topological polar surface area (TPSA) is 160 Å². The van der Waals surface area contributed by atoms with Crippen LogP contribution in [0, 0.1) is 0 Å². The molecule has 0 bridgehead atoms. The Hall–Kier alpha value is -2.23. The van der Waals surface area contributed by atoms with E-state index >= 15 is 0 Å². The zero-order valence-electron chi connectivity index (χ0n) is 13.1. The molecule has 1 aromatic carbocycles. The van der Waals surface area contributed by atoms with Gasteiger partial charge in [0.15, 0.2) is 0 Å². The van der Waals surface area contributed by atoms with Crippen molar-refractivity contribution in [2.24, 2.45) is 5.73 Å². The molecule has 0 saturated heterocycles. The van der Waals surface area contributed by atoms with Crippen LogP contribution in [0.4, 0.5) is 0 Å². The molecule has 1 aromatic heterocycles. The molecule has 10 heteroatoms. The second-order valence-electron chi connectivity index (χ2n) is 4.48. The number of aromatic nitrogens is 1. The Labute approximate surface area is 157 Å². The third-order valence-electron chi connectivity index (χ3n) is 2.88. The van der Waals surface area contributed by atoms with Gasteiger partial charge in [-0.05, 0) is 24.1 Å². The summed E-state index contributed by atoms with van der Waals surface area (Å²) in [5, 5.41) is 0. The highest BCUT2D eigenvalue weighted by Gasteiger charge is 2.15. The third kappa shape index (κ3) is 8.99. The molecule has 25 heavy (non-hydrogen) atoms. The Kier molecular flexibility index (Phi) is 15.6. The van der Waals surface area contributed by atoms with Crippen LogP contribution in [0.5, 0.6) is 0 Å². The van der Waals surface area contributed by atoms with Gasteiger partial charge in [0.05, 0.1) is 6.04 Å². The summed E-state index contributed by atoms with van der Waals surface area (Å²) in [6.45, 7) is 0. The molecule has 2 amide bonds. The number of nitrogens with zero attached hydrogens (tertiary/aromatic N) is 1. The second kappa shape index (κ2) is 14.1. The highest BCUT2D eigenvalue weighted by atomic mass is 35.5. The van der Waals surface area contributed by atoms with Crippen molar-refractivity contribution in [2.45, 2.75) is 12.5 Å². The summed E-state index contributed by atoms with van der Waals surface area (Å²) in [6, 6.07) is 11.8. The molecule has 140 valence electrons. The fraction of sp³-hybridized carbons (Fsp3) is 0.133. The molecule has 2 rings (SSSR count). The van der Waals surface area contributed by atoms with E-state index in [1.54, 1.807) is 12.1 Å². The van der Waals surface area contributed by atoms with E-state index in [2.05, 4.69) is 15.8 Å². The lowest BCUT2D eigenvalue weighted by atomic mass is 10.1. The number of rotatable bonds is 4. The molecule has 1 heterocycles. The van der Waals surface area contributed by atoms with Crippen molar-refractivity contribution in [2.75, 3.05) is 0 Å². The zero-order chi connectivity index (χ0) is 15.1. The number of amides is 2. The van der Waals surface area contributed by atoms with Crippen LogP contribution >= 0.6 is 24.8 Å². The first-order valence-corrected chi connectivity index (χ1v) is 6.46. The summed E-state index contributed by atoms with van der Waals surface area (Å²) in [7, 11) is 0. The first-order chi connectivity index (χ1) is 10.2. The number of pyridine rings is 1. The third-order valence-corrected chi connectivity index (χ3v) is 2.88. The minimum absolute atomic E-state index is 0. The van der Waals surface area contributed by atoms with Crippen LogP contribution in [0.25, 0.3) is 0 Å². The van der Waals surface area contributed by atoms with Crippen LogP contribution in [0.2, 0.25) is 0 Å². The highest BCUT2D eigenvalue weighted by Crippen LogP contribution is 2.01. The van der Waals surface area contributed by atoms with E-state index in [9.17, 15) is 9.59 Å². The normalized spacial score (nSPS) is 9.64. The summed E-state index contributed by atoms with van der Waals surface area (Å²) in [4.78, 5) is 27.4. The van der Waals surface area contributed by atoms with Gasteiger partial charge in [-0.2, -0.15) is 0 Å². The molecule has 2 aromatic rings. The standard InChI is InChI=1S/C15H16N4O2.2ClH.2H2O/c16-13(10-11-4-2-1-3-5-11)15(21)19-18-14(20)12-6-8-17-9-7-12;;;;/h1-9,13H,10,16H2,(H,18,20)(H,19,21);2*1H;2*1H2. The fourth-order valence-electron chi connectivity index (χ4n) is 1.75. The first kappa shape index (κ1) is 27.6. The predicted molar refractivity (Wildman–Crippen MR) is 99.7 cm³/mol. The highest BCUT2D eigenvalue weighted by molar-refractivity contribution is 5.95. The number of hydrazine groups is 1. The van der Waals surface area contributed by atoms with E-state index in [-0.39, 0.29) is 35.8 Å². The van der Waals surface area contributed by atoms with Gasteiger partial charge in [-0.1, -0.05) is 30.3 Å². The number of hydrogen-bond donors (Lipinski definition) is 3. The van der Waals surface area contributed by atoms with Crippen molar-refractivity contribution in [3.05, 3.63) is 66.0 Å². The Bertz CT molecular complexity index is 617. The van der Waals surface area contributed by atoms with Gasteiger partial charge in [-0.25, -0.2) is 0 Å². The Morgan fingerprint density at radius 3 is 2.08 bits per heavy atom. The molecule has 1 unspecified atom stereocenters. The maximum atomic E-state index is 11.8. The summed E-state index contributed by atoms with van der Waals surface area (Å²) < 4.78 is 0. The minimum Gasteiger partial charge on any atom is -0.412 e. The van der Waals surface area contributed by atoms with Gasteiger partial charge in [0.1, 0.15) is 0 Å². The quantitative estimate of drug-likeness (QED) is 0.604. The maximum absolute atomic E-state index is 11.8. The van der Waals surface area contributed by atoms with Gasteiger partial charge >= 0.3 is 0 Å². The molecule has 1 atom stereocenters. The molecule has 8 N–H and O–H groups in total. The van der Waals surface area contributed by atoms with Gasteiger partial charge in [-0.3, -0.25) is 25.4 Å². The monoisotopic (exact) mass is 392 g/mol. The molecule has 0 aliphatic carbocycles. The molecule has 0 saturated carbocycles. The van der Waals surface area contributed by atoms with E-state index in [4.69, 9.17) is 5.73 Å². The molecule has 0 aliphatic rings. The minimum atomic E-state index is -0.731. The number of carbonyl (C=O) groups excluding carboxylic acids is 2. The lowest BCUT2D eigenvalue weighted by Crippen LogP contribution is -2.50. The molecular weight excluding hydrogens is 371 g/mol. The lowest BCUT2D eigenvalue weighted by molar-refractivity contribution is -0.123. The van der Waals surface area contributed by atoms with E-state index in [0.29, 0.717) is 12.0 Å². The number of nitrogens with two attached hydrogens (primary N) is 1. The number of halogens is 2. The van der Waals surface area contributed by atoms with Crippen molar-refractivity contribution < 1.29 is 20.5 Å². The molecule has 0 spiro atoms. The van der Waals surface area contributed by atoms with E-state index in [1.807, 2.05) is 30.3 Å². The number of hydrogen-bond acceptors (Lipinski definition) is 4. The first-order valence-electron chi connectivity index (χ1n) is 6.46. The predicted octanol–water partition coefficient (Wildman–Crippen LogP) is -0.393. The van der Waals surface area contributed by atoms with Crippen LogP contribution in [-0.4, -0.2) is 33.8 Å². The molecule has 8 nitrogen and oxygen atoms in total. The lowest BCUT2D eigenvalue weighted by Gasteiger charge is -2.13. The van der Waals surface area contributed by atoms with Crippen LogP contribution in [0.1, 0.15) is 15.9 Å². The average Bonchev–Trinajstić information content (AvgIpc) is 2.54. The van der Waals surface area contributed by atoms with Gasteiger partial charge < -0.3 is 16.7 Å². The van der Waals surface area contributed by atoms with E-state index in [0.717, 1.165) is 5.56 Å². The van der Waals surface area contributed by atoms with Gasteiger partial charge in [0, 0.05) is 18.0 Å². The summed E-state index contributed by atoms with van der Waals surface area (Å²) in [5.74, 6) is -0.862. The summed E-state index contributed by atoms with van der Waals surface area (Å²) in [6.07, 6.45) is 3.40. The number of benzene rings is 1. The fourth-order valence-corrected chi connectivity index (χ4v) is 1.75. The van der Waals surface area contributed by atoms with Crippen LogP contribution in [0.15, 0.2) is 54.9 Å². The molecule has 0 aliphatic heterocycles. The molecule has 0 fully saturated rings. The maximum Gasteiger partial charge on any atom is 0.269 e. The van der Waals surface area contributed by atoms with Crippen molar-refractivity contribution in [3.8, 4) is 0 Å². The van der Waals surface area contributed by atoms with Crippen molar-refractivity contribution in [1.29, 1.82) is 0 Å². The molecular formula is C15H22Cl2N4O4. The Morgan fingerprint density at radius 2 is 1.52 bits per heavy atom. The van der Waals surface area contributed by atoms with Crippen LogP contribution in [-0.2, 0) is 11.2 Å². The van der Waals surface area contributed by atoms with Gasteiger partial charge in [-0.15, -0.1) is 24.8 Å². The SMILES string of the molecule is Cl.Cl.NC(Cc1ccccc1)C(=O)NNC(=O)c1ccncc1.O.O. The van der Waals surface area contributed by atoms with Gasteiger partial charge in [0.2, 0.25) is 0 Å². The molecule has 0 radical (unpaired) electrons. The smallest absolute Gasteiger partial charge is 0.269 e.